The number of carbonyl (C=O) groups excluding carboxylic acids is 2. The first kappa shape index (κ1) is 18.2. The first-order valence-electron chi connectivity index (χ1n) is 8.53. The van der Waals surface area contributed by atoms with Crippen molar-refractivity contribution in [2.75, 3.05) is 5.32 Å². The third-order valence-corrected chi connectivity index (χ3v) is 4.08. The van der Waals surface area contributed by atoms with E-state index >= 15 is 0 Å². The first-order chi connectivity index (χ1) is 14.0. The third-order valence-electron chi connectivity index (χ3n) is 4.08. The van der Waals surface area contributed by atoms with Crippen molar-refractivity contribution in [3.8, 4) is 11.6 Å². The summed E-state index contributed by atoms with van der Waals surface area (Å²) in [5.74, 6) is -1.32. The number of anilines is 1. The van der Waals surface area contributed by atoms with E-state index < -0.39 is 17.6 Å². The predicted octanol–water partition coefficient (Wildman–Crippen LogP) is 4.11. The van der Waals surface area contributed by atoms with Crippen molar-refractivity contribution < 1.29 is 23.1 Å². The number of para-hydroxylation sites is 1. The molecular weight excluding hydrogens is 377 g/mol. The summed E-state index contributed by atoms with van der Waals surface area (Å²) in [7, 11) is 0. The zero-order chi connectivity index (χ0) is 20.4. The maximum atomic E-state index is 13.4. The molecular formula is C21H14FN3O4. The Bertz CT molecular complexity index is 1200. The highest BCUT2D eigenvalue weighted by atomic mass is 19.1. The van der Waals surface area contributed by atoms with Crippen LogP contribution in [0.5, 0.6) is 11.6 Å². The predicted molar refractivity (Wildman–Crippen MR) is 103 cm³/mol. The summed E-state index contributed by atoms with van der Waals surface area (Å²) in [5, 5.41) is 2.94. The van der Waals surface area contributed by atoms with Crippen LogP contribution in [0.3, 0.4) is 0 Å². The van der Waals surface area contributed by atoms with Crippen molar-refractivity contribution in [2.24, 2.45) is 5.73 Å². The van der Waals surface area contributed by atoms with Crippen molar-refractivity contribution in [1.82, 2.24) is 4.98 Å². The average molecular weight is 391 g/mol. The van der Waals surface area contributed by atoms with Crippen LogP contribution in [-0.2, 0) is 0 Å². The number of halogens is 1. The minimum Gasteiger partial charge on any atom is -0.449 e. The second kappa shape index (κ2) is 7.43. The van der Waals surface area contributed by atoms with Crippen molar-refractivity contribution >= 4 is 28.5 Å². The minimum absolute atomic E-state index is 0.0714. The number of nitrogens with one attached hydrogen (secondary N) is 1. The number of primary amides is 1. The first-order valence-corrected chi connectivity index (χ1v) is 8.53. The summed E-state index contributed by atoms with van der Waals surface area (Å²) in [4.78, 5) is 28.4. The van der Waals surface area contributed by atoms with Crippen molar-refractivity contribution in [3.63, 3.8) is 0 Å². The lowest BCUT2D eigenvalue weighted by molar-refractivity contribution is 0.0977. The molecule has 0 aliphatic heterocycles. The van der Waals surface area contributed by atoms with Gasteiger partial charge in [-0.3, -0.25) is 9.59 Å². The van der Waals surface area contributed by atoms with E-state index in [-0.39, 0.29) is 22.6 Å². The number of carbonyl (C=O) groups is 2. The number of rotatable bonds is 5. The Hall–Kier alpha value is -4.20. The number of hydrogen-bond acceptors (Lipinski definition) is 5. The molecule has 3 N–H and O–H groups in total. The van der Waals surface area contributed by atoms with E-state index in [1.54, 1.807) is 18.2 Å². The van der Waals surface area contributed by atoms with E-state index in [0.717, 1.165) is 6.07 Å². The van der Waals surface area contributed by atoms with Crippen molar-refractivity contribution in [1.29, 1.82) is 0 Å². The maximum Gasteiger partial charge on any atom is 0.286 e. The molecule has 0 saturated heterocycles. The van der Waals surface area contributed by atoms with Gasteiger partial charge < -0.3 is 20.2 Å². The van der Waals surface area contributed by atoms with Crippen LogP contribution in [0.1, 0.15) is 20.9 Å². The molecule has 0 atom stereocenters. The average Bonchev–Trinajstić information content (AvgIpc) is 3.07. The van der Waals surface area contributed by atoms with E-state index in [9.17, 15) is 14.0 Å². The molecule has 0 fully saturated rings. The molecule has 144 valence electrons. The van der Waals surface area contributed by atoms with E-state index in [2.05, 4.69) is 10.3 Å². The standard InChI is InChI=1S/C21H14FN3O4/c22-13-7-8-15-16(10-13)29-19(20(23)26)18(15)25-21(27)12-6-9-17(24-11-12)28-14-4-2-1-3-5-14/h1-11H,(H2,23,26)(H,25,27). The molecule has 2 aromatic carbocycles. The van der Waals surface area contributed by atoms with Crippen LogP contribution in [-0.4, -0.2) is 16.8 Å². The highest BCUT2D eigenvalue weighted by Gasteiger charge is 2.21. The number of pyridine rings is 1. The second-order valence-corrected chi connectivity index (χ2v) is 6.07. The van der Waals surface area contributed by atoms with E-state index in [1.165, 1.54) is 24.4 Å². The zero-order valence-corrected chi connectivity index (χ0v) is 14.9. The SMILES string of the molecule is NC(=O)c1oc2cc(F)ccc2c1NC(=O)c1ccc(Oc2ccccc2)nc1. The molecule has 0 radical (unpaired) electrons. The molecule has 2 aromatic heterocycles. The number of amides is 2. The van der Waals surface area contributed by atoms with Gasteiger partial charge in [-0.1, -0.05) is 18.2 Å². The number of ether oxygens (including phenoxy) is 1. The van der Waals surface area contributed by atoms with Gasteiger partial charge in [0.25, 0.3) is 11.8 Å². The summed E-state index contributed by atoms with van der Waals surface area (Å²) in [6.07, 6.45) is 1.33. The normalized spacial score (nSPS) is 10.7. The summed E-state index contributed by atoms with van der Waals surface area (Å²) in [5.41, 5.74) is 5.70. The Labute approximate surface area is 163 Å². The van der Waals surface area contributed by atoms with Gasteiger partial charge in [0.1, 0.15) is 22.8 Å². The van der Waals surface area contributed by atoms with E-state index in [1.807, 2.05) is 18.2 Å². The number of furan rings is 1. The summed E-state index contributed by atoms with van der Waals surface area (Å²) in [6.45, 7) is 0. The van der Waals surface area contributed by atoms with E-state index in [0.29, 0.717) is 17.0 Å². The van der Waals surface area contributed by atoms with Gasteiger partial charge in [-0.15, -0.1) is 0 Å². The minimum atomic E-state index is -0.887. The van der Waals surface area contributed by atoms with Crippen LogP contribution in [0.2, 0.25) is 0 Å². The lowest BCUT2D eigenvalue weighted by Gasteiger charge is -2.07. The van der Waals surface area contributed by atoms with Crippen molar-refractivity contribution in [3.05, 3.63) is 84.0 Å². The van der Waals surface area contributed by atoms with Crippen LogP contribution in [0.4, 0.5) is 10.1 Å². The second-order valence-electron chi connectivity index (χ2n) is 6.07. The Kier molecular flexibility index (Phi) is 4.66. The highest BCUT2D eigenvalue weighted by molar-refractivity contribution is 6.14. The molecule has 4 rings (SSSR count). The number of nitrogens with zero attached hydrogens (tertiary/aromatic N) is 1. The Morgan fingerprint density at radius 1 is 1.07 bits per heavy atom. The molecule has 29 heavy (non-hydrogen) atoms. The van der Waals surface area contributed by atoms with Crippen LogP contribution < -0.4 is 15.8 Å². The molecule has 0 spiro atoms. The Morgan fingerprint density at radius 3 is 2.55 bits per heavy atom. The third kappa shape index (κ3) is 3.77. The van der Waals surface area contributed by atoms with Crippen LogP contribution in [0, 0.1) is 5.82 Å². The number of aromatic nitrogens is 1. The molecule has 0 aliphatic rings. The molecule has 0 aliphatic carbocycles. The summed E-state index contributed by atoms with van der Waals surface area (Å²) >= 11 is 0. The molecule has 0 saturated carbocycles. The molecule has 7 nitrogen and oxygen atoms in total. The monoisotopic (exact) mass is 391 g/mol. The van der Waals surface area contributed by atoms with Gasteiger partial charge in [-0.05, 0) is 30.3 Å². The molecule has 8 heteroatoms. The zero-order valence-electron chi connectivity index (χ0n) is 14.9. The largest absolute Gasteiger partial charge is 0.449 e. The van der Waals surface area contributed by atoms with Gasteiger partial charge in [0.2, 0.25) is 11.6 Å². The number of benzene rings is 2. The fourth-order valence-corrected chi connectivity index (χ4v) is 2.74. The maximum absolute atomic E-state index is 13.4. The van der Waals surface area contributed by atoms with Gasteiger partial charge in [0.05, 0.1) is 5.56 Å². The van der Waals surface area contributed by atoms with Gasteiger partial charge in [0.15, 0.2) is 0 Å². The molecule has 4 aromatic rings. The van der Waals surface area contributed by atoms with Gasteiger partial charge in [-0.2, -0.15) is 0 Å². The summed E-state index contributed by atoms with van der Waals surface area (Å²) in [6, 6.07) is 15.8. The number of fused-ring (bicyclic) bond motifs is 1. The highest BCUT2D eigenvalue weighted by Crippen LogP contribution is 2.31. The lowest BCUT2D eigenvalue weighted by atomic mass is 10.2. The van der Waals surface area contributed by atoms with E-state index in [4.69, 9.17) is 14.9 Å². The molecule has 0 unspecified atom stereocenters. The Morgan fingerprint density at radius 2 is 1.86 bits per heavy atom. The Balaban J connectivity index is 1.58. The fraction of sp³-hybridized carbons (Fsp3) is 0. The molecule has 0 bridgehead atoms. The lowest BCUT2D eigenvalue weighted by Crippen LogP contribution is -2.17. The van der Waals surface area contributed by atoms with Crippen LogP contribution >= 0.6 is 0 Å². The number of nitrogens with two attached hydrogens (primary N) is 1. The summed E-state index contributed by atoms with van der Waals surface area (Å²) < 4.78 is 24.3. The van der Waals surface area contributed by atoms with Crippen molar-refractivity contribution in [2.45, 2.75) is 0 Å². The molecule has 2 heterocycles. The van der Waals surface area contributed by atoms with Gasteiger partial charge in [0, 0.05) is 23.7 Å². The number of hydrogen-bond donors (Lipinski definition) is 2. The van der Waals surface area contributed by atoms with Crippen LogP contribution in [0.25, 0.3) is 11.0 Å². The fourth-order valence-electron chi connectivity index (χ4n) is 2.74. The molecule has 2 amide bonds. The quantitative estimate of drug-likeness (QED) is 0.532. The van der Waals surface area contributed by atoms with Gasteiger partial charge >= 0.3 is 0 Å². The van der Waals surface area contributed by atoms with Crippen LogP contribution in [0.15, 0.2) is 71.3 Å². The smallest absolute Gasteiger partial charge is 0.286 e. The topological polar surface area (TPSA) is 107 Å². The van der Waals surface area contributed by atoms with Gasteiger partial charge in [-0.25, -0.2) is 9.37 Å².